The second kappa shape index (κ2) is 4.31. The molecule has 0 saturated carbocycles. The summed E-state index contributed by atoms with van der Waals surface area (Å²) in [5.41, 5.74) is 1.34. The van der Waals surface area contributed by atoms with Crippen molar-refractivity contribution in [3.8, 4) is 0 Å². The van der Waals surface area contributed by atoms with Gasteiger partial charge in [0.2, 0.25) is 0 Å². The average Bonchev–Trinajstić information content (AvgIpc) is 2.44. The Bertz CT molecular complexity index is 473. The van der Waals surface area contributed by atoms with E-state index in [1.54, 1.807) is 6.08 Å². The predicted octanol–water partition coefficient (Wildman–Crippen LogP) is 2.78. The van der Waals surface area contributed by atoms with E-state index in [0.717, 1.165) is 14.6 Å². The van der Waals surface area contributed by atoms with Crippen LogP contribution < -0.4 is 4.90 Å². The van der Waals surface area contributed by atoms with Crippen molar-refractivity contribution < 1.29 is 9.90 Å². The summed E-state index contributed by atoms with van der Waals surface area (Å²) in [7, 11) is 0. The van der Waals surface area contributed by atoms with Crippen molar-refractivity contribution in [3.63, 3.8) is 0 Å². The third kappa shape index (κ3) is 1.73. The molecule has 0 aliphatic carbocycles. The molecule has 1 atom stereocenters. The number of benzene rings is 1. The number of hydrogen-bond acceptors (Lipinski definition) is 2. The maximum atomic E-state index is 11.8. The Morgan fingerprint density at radius 1 is 1.50 bits per heavy atom. The molecular formula is C11H9Br2NO2. The van der Waals surface area contributed by atoms with E-state index in [9.17, 15) is 9.90 Å². The number of nitrogens with zero attached hydrogens (tertiary/aromatic N) is 1. The molecule has 1 N–H and O–H groups in total. The highest BCUT2D eigenvalue weighted by Crippen LogP contribution is 2.42. The number of rotatable bonds is 2. The molecule has 5 heteroatoms. The number of aliphatic hydroxyl groups is 1. The fourth-order valence-electron chi connectivity index (χ4n) is 1.77. The molecule has 0 saturated heterocycles. The van der Waals surface area contributed by atoms with Crippen LogP contribution in [0.15, 0.2) is 33.7 Å². The molecule has 3 nitrogen and oxygen atoms in total. The van der Waals surface area contributed by atoms with Crippen molar-refractivity contribution in [2.45, 2.75) is 6.10 Å². The van der Waals surface area contributed by atoms with Crippen LogP contribution in [-0.4, -0.2) is 17.6 Å². The number of aliphatic hydroxyl groups excluding tert-OH is 1. The first-order valence-corrected chi connectivity index (χ1v) is 6.24. The van der Waals surface area contributed by atoms with Crippen LogP contribution in [0.2, 0.25) is 0 Å². The Kier molecular flexibility index (Phi) is 3.19. The molecule has 1 amide bonds. The molecule has 1 aromatic rings. The van der Waals surface area contributed by atoms with Crippen LogP contribution in [0.4, 0.5) is 5.69 Å². The van der Waals surface area contributed by atoms with Crippen LogP contribution in [0.25, 0.3) is 0 Å². The zero-order valence-electron chi connectivity index (χ0n) is 8.28. The Balaban J connectivity index is 2.60. The first-order valence-electron chi connectivity index (χ1n) is 4.65. The van der Waals surface area contributed by atoms with E-state index in [2.05, 4.69) is 38.4 Å². The molecule has 0 aromatic heterocycles. The van der Waals surface area contributed by atoms with Gasteiger partial charge in [-0.15, -0.1) is 6.58 Å². The highest BCUT2D eigenvalue weighted by atomic mass is 79.9. The van der Waals surface area contributed by atoms with Gasteiger partial charge in [0.1, 0.15) is 0 Å². The van der Waals surface area contributed by atoms with Crippen LogP contribution in [-0.2, 0) is 4.79 Å². The lowest BCUT2D eigenvalue weighted by atomic mass is 10.1. The van der Waals surface area contributed by atoms with Crippen molar-refractivity contribution in [2.24, 2.45) is 0 Å². The van der Waals surface area contributed by atoms with Gasteiger partial charge in [0, 0.05) is 21.1 Å². The van der Waals surface area contributed by atoms with Crippen LogP contribution >= 0.6 is 31.9 Å². The van der Waals surface area contributed by atoms with E-state index in [1.807, 2.05) is 12.1 Å². The Morgan fingerprint density at radius 3 is 2.81 bits per heavy atom. The summed E-state index contributed by atoms with van der Waals surface area (Å²) in [5.74, 6) is -0.311. The van der Waals surface area contributed by atoms with Gasteiger partial charge in [0.15, 0.2) is 6.10 Å². The molecule has 0 bridgehead atoms. The van der Waals surface area contributed by atoms with Crippen molar-refractivity contribution in [1.29, 1.82) is 0 Å². The van der Waals surface area contributed by atoms with Crippen LogP contribution in [0.5, 0.6) is 0 Å². The van der Waals surface area contributed by atoms with E-state index in [4.69, 9.17) is 0 Å². The quantitative estimate of drug-likeness (QED) is 0.836. The lowest BCUT2D eigenvalue weighted by molar-refractivity contribution is -0.125. The van der Waals surface area contributed by atoms with E-state index in [0.29, 0.717) is 12.1 Å². The van der Waals surface area contributed by atoms with Gasteiger partial charge < -0.3 is 10.0 Å². The zero-order chi connectivity index (χ0) is 11.9. The summed E-state index contributed by atoms with van der Waals surface area (Å²) in [5, 5.41) is 9.85. The number of anilines is 1. The molecule has 0 radical (unpaired) electrons. The Hall–Kier alpha value is -0.650. The summed E-state index contributed by atoms with van der Waals surface area (Å²) >= 11 is 6.71. The molecule has 1 aliphatic heterocycles. The Morgan fingerprint density at radius 2 is 2.19 bits per heavy atom. The summed E-state index contributed by atoms with van der Waals surface area (Å²) in [6, 6.07) is 3.63. The number of carbonyl (C=O) groups excluding carboxylic acids is 1. The van der Waals surface area contributed by atoms with Crippen LogP contribution in [0.3, 0.4) is 0 Å². The number of hydrogen-bond donors (Lipinski definition) is 1. The smallest absolute Gasteiger partial charge is 0.260 e. The molecule has 16 heavy (non-hydrogen) atoms. The van der Waals surface area contributed by atoms with Crippen LogP contribution in [0, 0.1) is 0 Å². The number of fused-ring (bicyclic) bond motifs is 1. The van der Waals surface area contributed by atoms with E-state index in [1.165, 1.54) is 4.90 Å². The molecule has 1 aromatic carbocycles. The molecular weight excluding hydrogens is 338 g/mol. The van der Waals surface area contributed by atoms with Crippen LogP contribution in [0.1, 0.15) is 11.7 Å². The summed E-state index contributed by atoms with van der Waals surface area (Å²) in [6.45, 7) is 4.00. The summed E-state index contributed by atoms with van der Waals surface area (Å²) in [6.07, 6.45) is 0.548. The van der Waals surface area contributed by atoms with Crippen molar-refractivity contribution in [2.75, 3.05) is 11.4 Å². The SMILES string of the molecule is C=CCN1C(=O)C(O)c2c(Br)cc(Br)cc21. The minimum Gasteiger partial charge on any atom is -0.378 e. The second-order valence-corrected chi connectivity index (χ2v) is 5.23. The molecule has 1 unspecified atom stereocenters. The third-order valence-corrected chi connectivity index (χ3v) is 3.56. The Labute approximate surface area is 110 Å². The van der Waals surface area contributed by atoms with Gasteiger partial charge in [0.25, 0.3) is 5.91 Å². The fraction of sp³-hybridized carbons (Fsp3) is 0.182. The molecule has 1 heterocycles. The summed E-state index contributed by atoms with van der Waals surface area (Å²) < 4.78 is 1.58. The topological polar surface area (TPSA) is 40.5 Å². The first-order chi connectivity index (χ1) is 7.56. The molecule has 2 rings (SSSR count). The molecule has 1 aliphatic rings. The molecule has 0 spiro atoms. The third-order valence-electron chi connectivity index (χ3n) is 2.45. The lowest BCUT2D eigenvalue weighted by Crippen LogP contribution is -2.28. The number of amides is 1. The second-order valence-electron chi connectivity index (χ2n) is 3.46. The van der Waals surface area contributed by atoms with Crippen molar-refractivity contribution in [3.05, 3.63) is 39.3 Å². The van der Waals surface area contributed by atoms with Crippen molar-refractivity contribution >= 4 is 43.5 Å². The first kappa shape index (κ1) is 11.8. The number of carbonyl (C=O) groups is 1. The van der Waals surface area contributed by atoms with Crippen molar-refractivity contribution in [1.82, 2.24) is 0 Å². The maximum Gasteiger partial charge on any atom is 0.260 e. The monoisotopic (exact) mass is 345 g/mol. The average molecular weight is 347 g/mol. The highest BCUT2D eigenvalue weighted by molar-refractivity contribution is 9.11. The van der Waals surface area contributed by atoms with Gasteiger partial charge >= 0.3 is 0 Å². The van der Waals surface area contributed by atoms with E-state index in [-0.39, 0.29) is 5.91 Å². The predicted molar refractivity (Wildman–Crippen MR) is 69.4 cm³/mol. The van der Waals surface area contributed by atoms with Gasteiger partial charge in [-0.2, -0.15) is 0 Å². The largest absolute Gasteiger partial charge is 0.378 e. The van der Waals surface area contributed by atoms with Gasteiger partial charge in [-0.1, -0.05) is 37.9 Å². The maximum absolute atomic E-state index is 11.8. The molecule has 84 valence electrons. The van der Waals surface area contributed by atoms with E-state index < -0.39 is 6.10 Å². The van der Waals surface area contributed by atoms with Gasteiger partial charge in [-0.05, 0) is 12.1 Å². The molecule has 0 fully saturated rings. The normalized spacial score (nSPS) is 18.8. The van der Waals surface area contributed by atoms with Gasteiger partial charge in [-0.25, -0.2) is 0 Å². The fourth-order valence-corrected chi connectivity index (χ4v) is 3.19. The zero-order valence-corrected chi connectivity index (χ0v) is 11.5. The van der Waals surface area contributed by atoms with E-state index >= 15 is 0 Å². The minimum atomic E-state index is -1.09. The van der Waals surface area contributed by atoms with Gasteiger partial charge in [0.05, 0.1) is 5.69 Å². The summed E-state index contributed by atoms with van der Waals surface area (Å²) in [4.78, 5) is 13.3. The number of halogens is 2. The van der Waals surface area contributed by atoms with Gasteiger partial charge in [-0.3, -0.25) is 4.79 Å². The minimum absolute atomic E-state index is 0.311. The highest BCUT2D eigenvalue weighted by Gasteiger charge is 2.37. The standard InChI is InChI=1S/C11H9Br2NO2/c1-2-3-14-8-5-6(12)4-7(13)9(8)10(15)11(14)16/h2,4-5,10,15H,1,3H2. The lowest BCUT2D eigenvalue weighted by Gasteiger charge is -2.15.